The molecule has 2 bridgehead atoms. The lowest BCUT2D eigenvalue weighted by Crippen LogP contribution is -2.24. The van der Waals surface area contributed by atoms with Gasteiger partial charge in [0.1, 0.15) is 5.76 Å². The van der Waals surface area contributed by atoms with Gasteiger partial charge in [0.15, 0.2) is 5.78 Å². The zero-order chi connectivity index (χ0) is 21.2. The lowest BCUT2D eigenvalue weighted by molar-refractivity contribution is -0.118. The van der Waals surface area contributed by atoms with Gasteiger partial charge in [-0.05, 0) is 85.4 Å². The van der Waals surface area contributed by atoms with E-state index in [1.807, 2.05) is 24.3 Å². The normalized spacial score (nSPS) is 27.2. The number of fused-ring (bicyclic) bond motifs is 5. The Morgan fingerprint density at radius 3 is 2.23 bits per heavy atom. The van der Waals surface area contributed by atoms with Crippen LogP contribution >= 0.6 is 11.6 Å². The molecule has 0 aliphatic heterocycles. The third-order valence-corrected chi connectivity index (χ3v) is 7.73. The van der Waals surface area contributed by atoms with Crippen molar-refractivity contribution in [2.24, 2.45) is 23.7 Å². The average molecular weight is 419 g/mol. The van der Waals surface area contributed by atoms with Gasteiger partial charge >= 0.3 is 0 Å². The van der Waals surface area contributed by atoms with Crippen molar-refractivity contribution in [1.82, 2.24) is 0 Å². The van der Waals surface area contributed by atoms with E-state index in [4.69, 9.17) is 11.6 Å². The van der Waals surface area contributed by atoms with Crippen LogP contribution in [0.5, 0.6) is 0 Å². The fourth-order valence-electron chi connectivity index (χ4n) is 6.31. The van der Waals surface area contributed by atoms with Crippen molar-refractivity contribution in [3.8, 4) is 11.1 Å². The molecule has 3 heteroatoms. The van der Waals surface area contributed by atoms with E-state index in [2.05, 4.69) is 39.0 Å². The Morgan fingerprint density at radius 1 is 1.00 bits per heavy atom. The second kappa shape index (κ2) is 7.13. The number of carbonyl (C=O) groups is 1. The van der Waals surface area contributed by atoms with E-state index in [1.54, 1.807) is 0 Å². The number of Topliss-reactive ketones (excluding diaryl/α,β-unsaturated/α-hetero) is 1. The summed E-state index contributed by atoms with van der Waals surface area (Å²) in [7, 11) is 0. The summed E-state index contributed by atoms with van der Waals surface area (Å²) < 4.78 is 0. The number of ketones is 1. The molecule has 3 aliphatic rings. The van der Waals surface area contributed by atoms with Crippen molar-refractivity contribution in [2.75, 3.05) is 0 Å². The lowest BCUT2D eigenvalue weighted by Gasteiger charge is -2.22. The minimum Gasteiger partial charge on any atom is -0.511 e. The first-order chi connectivity index (χ1) is 14.4. The van der Waals surface area contributed by atoms with E-state index >= 15 is 0 Å². The van der Waals surface area contributed by atoms with E-state index in [1.165, 1.54) is 11.1 Å². The predicted molar refractivity (Wildman–Crippen MR) is 122 cm³/mol. The van der Waals surface area contributed by atoms with E-state index in [-0.39, 0.29) is 17.6 Å². The number of rotatable bonds is 3. The smallest absolute Gasteiger partial charge is 0.171 e. The molecule has 0 aromatic heterocycles. The number of hydrogen-bond acceptors (Lipinski definition) is 2. The second-order valence-electron chi connectivity index (χ2n) is 9.15. The summed E-state index contributed by atoms with van der Waals surface area (Å²) in [5.74, 6) is 1.01. The van der Waals surface area contributed by atoms with Gasteiger partial charge in [-0.3, -0.25) is 4.79 Å². The van der Waals surface area contributed by atoms with Crippen LogP contribution in [0.1, 0.15) is 44.7 Å². The van der Waals surface area contributed by atoms with Gasteiger partial charge in [-0.25, -0.2) is 0 Å². The molecule has 0 saturated heterocycles. The van der Waals surface area contributed by atoms with Crippen molar-refractivity contribution in [3.05, 3.63) is 75.5 Å². The summed E-state index contributed by atoms with van der Waals surface area (Å²) in [4.78, 5) is 13.7. The molecule has 0 spiro atoms. The molecular formula is C27H27ClO2. The molecule has 2 saturated carbocycles. The highest BCUT2D eigenvalue weighted by molar-refractivity contribution is 6.30. The van der Waals surface area contributed by atoms with Gasteiger partial charge < -0.3 is 5.11 Å². The Hall–Kier alpha value is -2.32. The Balaban J connectivity index is 1.63. The molecule has 2 aromatic rings. The molecule has 3 aliphatic carbocycles. The molecule has 4 atom stereocenters. The van der Waals surface area contributed by atoms with E-state index in [0.717, 1.165) is 41.5 Å². The molecule has 1 N–H and O–H groups in total. The Labute approximate surface area is 183 Å². The molecule has 2 aromatic carbocycles. The Kier molecular flexibility index (Phi) is 4.67. The second-order valence-corrected chi connectivity index (χ2v) is 9.59. The zero-order valence-corrected chi connectivity index (χ0v) is 18.5. The van der Waals surface area contributed by atoms with Crippen LogP contribution in [0.25, 0.3) is 16.7 Å². The summed E-state index contributed by atoms with van der Waals surface area (Å²) in [6.45, 7) is 6.40. The fourth-order valence-corrected chi connectivity index (χ4v) is 6.44. The summed E-state index contributed by atoms with van der Waals surface area (Å²) in [6, 6.07) is 14.0. The molecule has 2 nitrogen and oxygen atoms in total. The van der Waals surface area contributed by atoms with Crippen molar-refractivity contribution in [2.45, 2.75) is 40.0 Å². The van der Waals surface area contributed by atoms with Gasteiger partial charge in [-0.1, -0.05) is 53.9 Å². The number of hydrogen-bond donors (Lipinski definition) is 1. The van der Waals surface area contributed by atoms with Crippen molar-refractivity contribution < 1.29 is 9.90 Å². The highest BCUT2D eigenvalue weighted by Crippen LogP contribution is 2.63. The summed E-state index contributed by atoms with van der Waals surface area (Å²) in [6.07, 6.45) is 2.98. The highest BCUT2D eigenvalue weighted by Gasteiger charge is 2.60. The third-order valence-electron chi connectivity index (χ3n) is 7.48. The maximum atomic E-state index is 13.7. The molecule has 2 fully saturated rings. The Morgan fingerprint density at radius 2 is 1.63 bits per heavy atom. The van der Waals surface area contributed by atoms with Gasteiger partial charge in [-0.2, -0.15) is 0 Å². The number of aryl methyl sites for hydroxylation is 1. The molecule has 0 amide bonds. The van der Waals surface area contributed by atoms with E-state index < -0.39 is 0 Å². The largest absolute Gasteiger partial charge is 0.511 e. The standard InChI is InChI=1S/C27H27ClO2/c1-4-15-5-6-17(16-7-9-18(28)10-8-16)13-21(15)25-26(29)23-19-11-12-20(22(19)14(2)3)24(23)27(25)30/h5-10,13,19-20,23-24,29H,4,11-12H2,1-3H3/t19?,20?,23-,24+/m1/s1. The SMILES string of the molecule is CCc1ccc(-c2ccc(Cl)cc2)cc1C1=C(O)[C@@H]2C3CCC(C3=C(C)C)[C@@H]2C1=O. The minimum atomic E-state index is -0.0763. The van der Waals surface area contributed by atoms with Crippen LogP contribution in [0.2, 0.25) is 5.02 Å². The number of benzene rings is 2. The molecule has 5 rings (SSSR count). The number of aliphatic hydroxyl groups is 1. The van der Waals surface area contributed by atoms with E-state index in [9.17, 15) is 9.90 Å². The van der Waals surface area contributed by atoms with Gasteiger partial charge in [0.25, 0.3) is 0 Å². The van der Waals surface area contributed by atoms with Crippen molar-refractivity contribution >= 4 is 23.0 Å². The number of allylic oxidation sites excluding steroid dienone is 4. The topological polar surface area (TPSA) is 37.3 Å². The first kappa shape index (κ1) is 19.6. The van der Waals surface area contributed by atoms with Crippen LogP contribution in [0.4, 0.5) is 0 Å². The summed E-state index contributed by atoms with van der Waals surface area (Å²) in [5.41, 5.74) is 7.45. The molecule has 154 valence electrons. The number of halogens is 1. The van der Waals surface area contributed by atoms with Crippen molar-refractivity contribution in [3.63, 3.8) is 0 Å². The molecular weight excluding hydrogens is 392 g/mol. The summed E-state index contributed by atoms with van der Waals surface area (Å²) in [5, 5.41) is 12.0. The van der Waals surface area contributed by atoms with Crippen LogP contribution in [-0.2, 0) is 11.2 Å². The van der Waals surface area contributed by atoms with Gasteiger partial charge in [0.05, 0.1) is 5.57 Å². The first-order valence-electron chi connectivity index (χ1n) is 11.0. The first-order valence-corrected chi connectivity index (χ1v) is 11.3. The predicted octanol–water partition coefficient (Wildman–Crippen LogP) is 7.03. The van der Waals surface area contributed by atoms with Crippen LogP contribution < -0.4 is 0 Å². The van der Waals surface area contributed by atoms with E-state index in [0.29, 0.717) is 28.2 Å². The van der Waals surface area contributed by atoms with Crippen LogP contribution in [-0.4, -0.2) is 10.9 Å². The van der Waals surface area contributed by atoms with Gasteiger partial charge in [0.2, 0.25) is 0 Å². The monoisotopic (exact) mass is 418 g/mol. The van der Waals surface area contributed by atoms with Gasteiger partial charge in [-0.15, -0.1) is 0 Å². The quantitative estimate of drug-likeness (QED) is 0.543. The molecule has 0 radical (unpaired) electrons. The fraction of sp³-hybridized carbons (Fsp3) is 0.370. The van der Waals surface area contributed by atoms with Gasteiger partial charge in [0, 0.05) is 16.9 Å². The number of aliphatic hydroxyl groups excluding tert-OH is 1. The minimum absolute atomic E-state index is 0.0277. The maximum absolute atomic E-state index is 13.7. The van der Waals surface area contributed by atoms with Crippen molar-refractivity contribution in [1.29, 1.82) is 0 Å². The number of carbonyl (C=O) groups excluding carboxylic acids is 1. The summed E-state index contributed by atoms with van der Waals surface area (Å²) >= 11 is 6.05. The molecule has 30 heavy (non-hydrogen) atoms. The third kappa shape index (κ3) is 2.73. The zero-order valence-electron chi connectivity index (χ0n) is 17.7. The van der Waals surface area contributed by atoms with Crippen LogP contribution in [0.3, 0.4) is 0 Å². The Bertz CT molecular complexity index is 1100. The maximum Gasteiger partial charge on any atom is 0.171 e. The highest BCUT2D eigenvalue weighted by atomic mass is 35.5. The average Bonchev–Trinajstić information content (AvgIpc) is 3.38. The van der Waals surface area contributed by atoms with Crippen LogP contribution in [0, 0.1) is 23.7 Å². The molecule has 2 unspecified atom stereocenters. The molecule has 0 heterocycles. The lowest BCUT2D eigenvalue weighted by atomic mass is 9.80. The van der Waals surface area contributed by atoms with Crippen LogP contribution in [0.15, 0.2) is 59.4 Å².